The molecule has 2 amide bonds. The summed E-state index contributed by atoms with van der Waals surface area (Å²) in [6, 6.07) is 18.9. The lowest BCUT2D eigenvalue weighted by molar-refractivity contribution is 0.0308. The molecule has 0 spiro atoms. The van der Waals surface area contributed by atoms with Gasteiger partial charge in [0.25, 0.3) is 11.8 Å². The number of amides is 2. The first-order valence-corrected chi connectivity index (χ1v) is 17.6. The Labute approximate surface area is 302 Å². The maximum atomic E-state index is 13.9. The van der Waals surface area contributed by atoms with E-state index >= 15 is 0 Å². The molecule has 6 aromatic rings. The van der Waals surface area contributed by atoms with Gasteiger partial charge in [0, 0.05) is 47.0 Å². The van der Waals surface area contributed by atoms with E-state index in [0.29, 0.717) is 52.2 Å². The molecule has 4 aromatic heterocycles. The molecule has 266 valence electrons. The predicted octanol–water partition coefficient (Wildman–Crippen LogP) is 7.73. The van der Waals surface area contributed by atoms with Crippen molar-refractivity contribution in [3.8, 4) is 22.9 Å². The smallest absolute Gasteiger partial charge is 0.261 e. The fraction of sp³-hybridized carbons (Fsp3) is 0.325. The Morgan fingerprint density at radius 1 is 0.981 bits per heavy atom. The van der Waals surface area contributed by atoms with Crippen molar-refractivity contribution in [1.29, 1.82) is 0 Å². The summed E-state index contributed by atoms with van der Waals surface area (Å²) >= 11 is 0. The first-order chi connectivity index (χ1) is 24.9. The van der Waals surface area contributed by atoms with E-state index in [1.807, 2.05) is 72.1 Å². The molecular weight excluding hydrogens is 654 g/mol. The van der Waals surface area contributed by atoms with Crippen LogP contribution in [-0.2, 0) is 0 Å². The minimum absolute atomic E-state index is 0.0452. The lowest BCUT2D eigenvalue weighted by Crippen LogP contribution is -2.53. The number of benzene rings is 2. The van der Waals surface area contributed by atoms with Gasteiger partial charge in [-0.25, -0.2) is 19.2 Å². The quantitative estimate of drug-likeness (QED) is 0.171. The van der Waals surface area contributed by atoms with Gasteiger partial charge in [-0.15, -0.1) is 5.10 Å². The number of aryl methyl sites for hydroxylation is 3. The Morgan fingerprint density at radius 3 is 2.48 bits per heavy atom. The van der Waals surface area contributed by atoms with E-state index in [2.05, 4.69) is 71.4 Å². The number of nitrogens with zero attached hydrogens (tertiary/aromatic N) is 8. The second kappa shape index (κ2) is 13.7. The van der Waals surface area contributed by atoms with Gasteiger partial charge in [-0.05, 0) is 101 Å². The lowest BCUT2D eigenvalue weighted by Gasteiger charge is -2.45. The molecule has 1 unspecified atom stereocenters. The molecule has 1 aliphatic heterocycles. The molecule has 0 bridgehead atoms. The molecule has 1 N–H and O–H groups in total. The van der Waals surface area contributed by atoms with Gasteiger partial charge < -0.3 is 15.0 Å². The van der Waals surface area contributed by atoms with E-state index in [4.69, 9.17) is 4.74 Å². The van der Waals surface area contributed by atoms with Crippen molar-refractivity contribution in [2.45, 2.75) is 78.8 Å². The third-order valence-corrected chi connectivity index (χ3v) is 9.87. The van der Waals surface area contributed by atoms with Crippen molar-refractivity contribution in [2.24, 2.45) is 0 Å². The molecule has 7 rings (SSSR count). The second-order valence-corrected chi connectivity index (χ2v) is 14.5. The van der Waals surface area contributed by atoms with Crippen LogP contribution in [0.15, 0.2) is 79.3 Å². The zero-order valence-corrected chi connectivity index (χ0v) is 30.6. The third-order valence-electron chi connectivity index (χ3n) is 9.87. The number of rotatable bonds is 8. The molecular formula is C40H43N9O3. The highest BCUT2D eigenvalue weighted by Crippen LogP contribution is 2.35. The summed E-state index contributed by atoms with van der Waals surface area (Å²) in [5.41, 5.74) is 7.46. The van der Waals surface area contributed by atoms with E-state index in [1.165, 1.54) is 17.3 Å². The van der Waals surface area contributed by atoms with Crippen LogP contribution in [0.2, 0.25) is 0 Å². The number of piperidine rings is 1. The normalized spacial score (nSPS) is 15.6. The predicted molar refractivity (Wildman–Crippen MR) is 199 cm³/mol. The first kappa shape index (κ1) is 34.5. The highest BCUT2D eigenvalue weighted by atomic mass is 16.5. The zero-order chi connectivity index (χ0) is 36.7. The van der Waals surface area contributed by atoms with Crippen molar-refractivity contribution in [1.82, 2.24) is 39.5 Å². The molecule has 5 heterocycles. The SMILES string of the molecule is Cc1cc(C)n2ncc(C(=O)Nc3ccc(-c4cn(C5CCC(C)(C)N(C(=O)c6ccc(Oc7ccc(C(C)C)c(C)c7)nc6)C5)nn4)cc3)c2n1. The third kappa shape index (κ3) is 6.88. The number of likely N-dealkylation sites (tertiary alicyclic amines) is 1. The molecule has 52 heavy (non-hydrogen) atoms. The lowest BCUT2D eigenvalue weighted by atomic mass is 9.87. The van der Waals surface area contributed by atoms with E-state index in [0.717, 1.165) is 29.8 Å². The van der Waals surface area contributed by atoms with Crippen LogP contribution in [0.4, 0.5) is 5.69 Å². The number of carbonyl (C=O) groups excluding carboxylic acids is 2. The highest BCUT2D eigenvalue weighted by molar-refractivity contribution is 6.08. The van der Waals surface area contributed by atoms with Crippen molar-refractivity contribution in [3.63, 3.8) is 0 Å². The van der Waals surface area contributed by atoms with Gasteiger partial charge in [-0.3, -0.25) is 9.59 Å². The Morgan fingerprint density at radius 2 is 1.77 bits per heavy atom. The monoisotopic (exact) mass is 697 g/mol. The van der Waals surface area contributed by atoms with E-state index < -0.39 is 0 Å². The Balaban J connectivity index is 1.00. The van der Waals surface area contributed by atoms with Gasteiger partial charge >= 0.3 is 0 Å². The summed E-state index contributed by atoms with van der Waals surface area (Å²) in [6.07, 6.45) is 6.69. The average Bonchev–Trinajstić information content (AvgIpc) is 3.77. The van der Waals surface area contributed by atoms with Gasteiger partial charge in [0.15, 0.2) is 5.65 Å². The minimum atomic E-state index is -0.348. The van der Waals surface area contributed by atoms with Gasteiger partial charge in [0.2, 0.25) is 5.88 Å². The summed E-state index contributed by atoms with van der Waals surface area (Å²) < 4.78 is 9.52. The number of hydrogen-bond donors (Lipinski definition) is 1. The van der Waals surface area contributed by atoms with Crippen molar-refractivity contribution < 1.29 is 14.3 Å². The van der Waals surface area contributed by atoms with Crippen LogP contribution in [0.5, 0.6) is 11.6 Å². The highest BCUT2D eigenvalue weighted by Gasteiger charge is 2.39. The number of aromatic nitrogens is 7. The van der Waals surface area contributed by atoms with E-state index in [-0.39, 0.29) is 23.4 Å². The number of fused-ring (bicyclic) bond motifs is 1. The van der Waals surface area contributed by atoms with Crippen molar-refractivity contribution in [2.75, 3.05) is 11.9 Å². The van der Waals surface area contributed by atoms with Crippen LogP contribution in [0, 0.1) is 20.8 Å². The summed E-state index contributed by atoms with van der Waals surface area (Å²) in [5.74, 6) is 1.21. The minimum Gasteiger partial charge on any atom is -0.439 e. The number of anilines is 1. The fourth-order valence-corrected chi connectivity index (χ4v) is 6.92. The second-order valence-electron chi connectivity index (χ2n) is 14.5. The Hall–Kier alpha value is -5.91. The van der Waals surface area contributed by atoms with Gasteiger partial charge in [-0.2, -0.15) is 5.10 Å². The van der Waals surface area contributed by atoms with Gasteiger partial charge in [0.05, 0.1) is 24.0 Å². The standard InChI is InChI=1S/C40H43N9O3/c1-24(2)33-14-13-32(18-25(33)3)52-36-15-10-29(20-41-36)39(51)47-22-31(16-17-40(47,6)7)48-23-35(45-46-48)28-8-11-30(12-9-28)44-38(50)34-21-42-49-27(5)19-26(4)43-37(34)49/h8-15,18-21,23-24,31H,16-17,22H2,1-7H3,(H,44,50). The molecule has 1 saturated heterocycles. The van der Waals surface area contributed by atoms with Crippen molar-refractivity contribution >= 4 is 23.1 Å². The van der Waals surface area contributed by atoms with Gasteiger partial charge in [0.1, 0.15) is 17.0 Å². The summed E-state index contributed by atoms with van der Waals surface area (Å²) in [6.45, 7) is 14.9. The van der Waals surface area contributed by atoms with E-state index in [1.54, 1.807) is 22.8 Å². The maximum absolute atomic E-state index is 13.9. The largest absolute Gasteiger partial charge is 0.439 e. The summed E-state index contributed by atoms with van der Waals surface area (Å²) in [7, 11) is 0. The molecule has 0 aliphatic carbocycles. The number of ether oxygens (including phenoxy) is 1. The number of nitrogens with one attached hydrogen (secondary N) is 1. The molecule has 1 fully saturated rings. The molecule has 1 atom stereocenters. The first-order valence-electron chi connectivity index (χ1n) is 17.6. The number of hydrogen-bond acceptors (Lipinski definition) is 8. The molecule has 12 nitrogen and oxygen atoms in total. The van der Waals surface area contributed by atoms with Crippen LogP contribution in [0.25, 0.3) is 16.9 Å². The summed E-state index contributed by atoms with van der Waals surface area (Å²) in [4.78, 5) is 37.9. The fourth-order valence-electron chi connectivity index (χ4n) is 6.92. The van der Waals surface area contributed by atoms with Crippen LogP contribution < -0.4 is 10.1 Å². The number of carbonyl (C=O) groups is 2. The Bertz CT molecular complexity index is 2270. The van der Waals surface area contributed by atoms with Crippen LogP contribution in [-0.4, -0.2) is 63.4 Å². The maximum Gasteiger partial charge on any atom is 0.261 e. The topological polar surface area (TPSA) is 132 Å². The van der Waals surface area contributed by atoms with Gasteiger partial charge in [-0.1, -0.05) is 37.3 Å². The molecule has 1 aliphatic rings. The van der Waals surface area contributed by atoms with Crippen LogP contribution >= 0.6 is 0 Å². The zero-order valence-electron chi connectivity index (χ0n) is 30.6. The molecule has 2 aromatic carbocycles. The Kier molecular flexibility index (Phi) is 9.08. The molecule has 0 radical (unpaired) electrons. The summed E-state index contributed by atoms with van der Waals surface area (Å²) in [5, 5.41) is 16.2. The van der Waals surface area contributed by atoms with E-state index in [9.17, 15) is 9.59 Å². The van der Waals surface area contributed by atoms with Crippen molar-refractivity contribution in [3.05, 3.63) is 113 Å². The molecule has 0 saturated carbocycles. The average molecular weight is 698 g/mol. The number of pyridine rings is 1. The van der Waals surface area contributed by atoms with Crippen LogP contribution in [0.3, 0.4) is 0 Å². The molecule has 12 heteroatoms. The van der Waals surface area contributed by atoms with Crippen LogP contribution in [0.1, 0.15) is 95.7 Å².